The third-order valence-electron chi connectivity index (χ3n) is 4.07. The molecule has 1 aliphatic carbocycles. The minimum Gasteiger partial charge on any atom is -0.515 e. The second kappa shape index (κ2) is 4.87. The van der Waals surface area contributed by atoms with E-state index in [2.05, 4.69) is 0 Å². The fraction of sp³-hybridized carbons (Fsp3) is 0.412. The van der Waals surface area contributed by atoms with Crippen molar-refractivity contribution in [2.75, 3.05) is 0 Å². The maximum absolute atomic E-state index is 12.5. The third-order valence-corrected chi connectivity index (χ3v) is 4.07. The normalized spacial score (nSPS) is 25.3. The molecule has 1 N–H and O–H groups in total. The molecule has 0 saturated carbocycles. The highest BCUT2D eigenvalue weighted by Gasteiger charge is 2.52. The second-order valence-corrected chi connectivity index (χ2v) is 6.69. The van der Waals surface area contributed by atoms with Crippen molar-refractivity contribution in [1.29, 1.82) is 0 Å². The first kappa shape index (κ1) is 14.6. The van der Waals surface area contributed by atoms with Gasteiger partial charge in [-0.15, -0.1) is 0 Å². The number of carbonyl (C=O) groups excluding carboxylic acids is 2. The Hall–Kier alpha value is -2.30. The molecule has 1 aromatic rings. The molecule has 1 aliphatic heterocycles. The number of fused-ring (bicyclic) bond motifs is 3. The van der Waals surface area contributed by atoms with E-state index in [0.717, 1.165) is 22.3 Å². The van der Waals surface area contributed by atoms with E-state index in [1.165, 1.54) is 0 Å². The number of amides is 2. The number of ether oxygens (including phenoxy) is 1. The minimum atomic E-state index is -0.677. The standard InChI is InChI=1S/C17H19NO4/c1-17(2,3)22-16(21)18-13-8-10-6-4-5-7-11(10)14(13)12(9-19)15(18)20/h4-7,9,13-14,19H,8H2,1-3H3/b12-9+. The number of hydrogen-bond acceptors (Lipinski definition) is 4. The van der Waals surface area contributed by atoms with Gasteiger partial charge in [-0.3, -0.25) is 4.79 Å². The molecule has 22 heavy (non-hydrogen) atoms. The number of imide groups is 1. The SMILES string of the molecule is CC(C)(C)OC(=O)N1C(=O)/C(=C/O)C2c3ccccc3CC21. The highest BCUT2D eigenvalue weighted by atomic mass is 16.6. The number of hydrogen-bond donors (Lipinski definition) is 1. The summed E-state index contributed by atoms with van der Waals surface area (Å²) < 4.78 is 5.35. The summed E-state index contributed by atoms with van der Waals surface area (Å²) in [6.45, 7) is 5.28. The Balaban J connectivity index is 1.99. The zero-order chi connectivity index (χ0) is 16.1. The molecule has 1 heterocycles. The van der Waals surface area contributed by atoms with Crippen LogP contribution in [-0.2, 0) is 16.0 Å². The molecule has 0 bridgehead atoms. The van der Waals surface area contributed by atoms with Gasteiger partial charge in [0.2, 0.25) is 0 Å². The van der Waals surface area contributed by atoms with Crippen LogP contribution in [0.2, 0.25) is 0 Å². The topological polar surface area (TPSA) is 66.8 Å². The first-order valence-corrected chi connectivity index (χ1v) is 7.32. The summed E-state index contributed by atoms with van der Waals surface area (Å²) >= 11 is 0. The average Bonchev–Trinajstić information content (AvgIpc) is 2.89. The Morgan fingerprint density at radius 2 is 2.05 bits per heavy atom. The summed E-state index contributed by atoms with van der Waals surface area (Å²) in [6.07, 6.45) is 0.757. The summed E-state index contributed by atoms with van der Waals surface area (Å²) in [5, 5.41) is 9.48. The fourth-order valence-electron chi connectivity index (χ4n) is 3.28. The highest BCUT2D eigenvalue weighted by molar-refractivity contribution is 6.07. The van der Waals surface area contributed by atoms with Crippen molar-refractivity contribution in [2.24, 2.45) is 0 Å². The zero-order valence-electron chi connectivity index (χ0n) is 12.9. The van der Waals surface area contributed by atoms with Crippen LogP contribution in [0.15, 0.2) is 36.1 Å². The van der Waals surface area contributed by atoms with Gasteiger partial charge in [0.25, 0.3) is 5.91 Å². The molecular weight excluding hydrogens is 282 g/mol. The van der Waals surface area contributed by atoms with Crippen molar-refractivity contribution >= 4 is 12.0 Å². The summed E-state index contributed by atoms with van der Waals surface area (Å²) in [5.74, 6) is -0.748. The summed E-state index contributed by atoms with van der Waals surface area (Å²) in [4.78, 5) is 26.0. The molecule has 1 aromatic carbocycles. The van der Waals surface area contributed by atoms with Gasteiger partial charge in [0.05, 0.1) is 17.9 Å². The molecule has 0 spiro atoms. The van der Waals surface area contributed by atoms with Gasteiger partial charge >= 0.3 is 6.09 Å². The maximum Gasteiger partial charge on any atom is 0.417 e. The number of rotatable bonds is 0. The Morgan fingerprint density at radius 3 is 2.68 bits per heavy atom. The molecule has 5 heteroatoms. The second-order valence-electron chi connectivity index (χ2n) is 6.69. The summed E-state index contributed by atoms with van der Waals surface area (Å²) in [7, 11) is 0. The van der Waals surface area contributed by atoms with Crippen LogP contribution in [0, 0.1) is 0 Å². The first-order chi connectivity index (χ1) is 10.3. The number of likely N-dealkylation sites (tertiary alicyclic amines) is 1. The number of carbonyl (C=O) groups is 2. The molecule has 0 radical (unpaired) electrons. The minimum absolute atomic E-state index is 0.251. The summed E-state index contributed by atoms with van der Waals surface area (Å²) in [6, 6.07) is 7.44. The molecule has 1 fully saturated rings. The lowest BCUT2D eigenvalue weighted by atomic mass is 9.94. The van der Waals surface area contributed by atoms with E-state index in [4.69, 9.17) is 4.74 Å². The van der Waals surface area contributed by atoms with Crippen LogP contribution in [0.1, 0.15) is 37.8 Å². The average molecular weight is 301 g/mol. The van der Waals surface area contributed by atoms with Gasteiger partial charge in [-0.1, -0.05) is 24.3 Å². The van der Waals surface area contributed by atoms with E-state index in [9.17, 15) is 14.7 Å². The van der Waals surface area contributed by atoms with Crippen LogP contribution in [-0.4, -0.2) is 33.6 Å². The molecule has 116 valence electrons. The van der Waals surface area contributed by atoms with Gasteiger partial charge in [-0.2, -0.15) is 0 Å². The van der Waals surface area contributed by atoms with Gasteiger partial charge in [0.1, 0.15) is 5.60 Å². The zero-order valence-corrected chi connectivity index (χ0v) is 12.9. The van der Waals surface area contributed by atoms with Gasteiger partial charge in [-0.05, 0) is 38.3 Å². The van der Waals surface area contributed by atoms with Crippen molar-refractivity contribution in [1.82, 2.24) is 4.90 Å². The van der Waals surface area contributed by atoms with E-state index in [1.807, 2.05) is 24.3 Å². The lowest BCUT2D eigenvalue weighted by Crippen LogP contribution is -2.43. The molecule has 2 aliphatic rings. The molecule has 2 unspecified atom stereocenters. The van der Waals surface area contributed by atoms with Crippen LogP contribution in [0.3, 0.4) is 0 Å². The Kier molecular flexibility index (Phi) is 3.24. The predicted octanol–water partition coefficient (Wildman–Crippen LogP) is 2.91. The number of aliphatic hydroxyl groups is 1. The molecule has 1 saturated heterocycles. The summed E-state index contributed by atoms with van der Waals surface area (Å²) in [5.41, 5.74) is 1.66. The van der Waals surface area contributed by atoms with E-state index in [1.54, 1.807) is 20.8 Å². The maximum atomic E-state index is 12.5. The molecular formula is C17H19NO4. The van der Waals surface area contributed by atoms with E-state index < -0.39 is 17.6 Å². The van der Waals surface area contributed by atoms with Crippen molar-refractivity contribution < 1.29 is 19.4 Å². The predicted molar refractivity (Wildman–Crippen MR) is 80.5 cm³/mol. The fourth-order valence-corrected chi connectivity index (χ4v) is 3.28. The van der Waals surface area contributed by atoms with Gasteiger partial charge in [0, 0.05) is 5.92 Å². The number of aliphatic hydroxyl groups excluding tert-OH is 1. The Labute approximate surface area is 129 Å². The van der Waals surface area contributed by atoms with E-state index >= 15 is 0 Å². The van der Waals surface area contributed by atoms with Crippen LogP contribution in [0.4, 0.5) is 4.79 Å². The van der Waals surface area contributed by atoms with Crippen LogP contribution < -0.4 is 0 Å². The lowest BCUT2D eigenvalue weighted by Gasteiger charge is -2.26. The molecule has 5 nitrogen and oxygen atoms in total. The highest BCUT2D eigenvalue weighted by Crippen LogP contribution is 2.46. The molecule has 2 atom stereocenters. The van der Waals surface area contributed by atoms with Gasteiger partial charge in [-0.25, -0.2) is 9.69 Å². The number of nitrogens with zero attached hydrogens (tertiary/aromatic N) is 1. The monoisotopic (exact) mass is 301 g/mol. The molecule has 0 aromatic heterocycles. The first-order valence-electron chi connectivity index (χ1n) is 7.32. The Morgan fingerprint density at radius 1 is 1.36 bits per heavy atom. The quantitative estimate of drug-likeness (QED) is 0.591. The van der Waals surface area contributed by atoms with Crippen molar-refractivity contribution in [3.8, 4) is 0 Å². The third kappa shape index (κ3) is 2.17. The van der Waals surface area contributed by atoms with E-state index in [-0.39, 0.29) is 17.5 Å². The Bertz CT molecular complexity index is 671. The molecule has 3 rings (SSSR count). The van der Waals surface area contributed by atoms with Crippen molar-refractivity contribution in [2.45, 2.75) is 44.8 Å². The molecule has 2 amide bonds. The smallest absolute Gasteiger partial charge is 0.417 e. The van der Waals surface area contributed by atoms with Crippen LogP contribution in [0.5, 0.6) is 0 Å². The van der Waals surface area contributed by atoms with Crippen LogP contribution >= 0.6 is 0 Å². The van der Waals surface area contributed by atoms with Gasteiger partial charge < -0.3 is 9.84 Å². The van der Waals surface area contributed by atoms with Crippen molar-refractivity contribution in [3.05, 3.63) is 47.2 Å². The van der Waals surface area contributed by atoms with Crippen LogP contribution in [0.25, 0.3) is 0 Å². The van der Waals surface area contributed by atoms with E-state index in [0.29, 0.717) is 6.42 Å². The number of benzene rings is 1. The lowest BCUT2D eigenvalue weighted by molar-refractivity contribution is -0.125. The largest absolute Gasteiger partial charge is 0.515 e. The van der Waals surface area contributed by atoms with Gasteiger partial charge in [0.15, 0.2) is 0 Å². The van der Waals surface area contributed by atoms with Crippen molar-refractivity contribution in [3.63, 3.8) is 0 Å².